The summed E-state index contributed by atoms with van der Waals surface area (Å²) in [7, 11) is 0. The Kier molecular flexibility index (Phi) is 6.72. The van der Waals surface area contributed by atoms with E-state index in [4.69, 9.17) is 14.0 Å². The highest BCUT2D eigenvalue weighted by molar-refractivity contribution is 7.98. The van der Waals surface area contributed by atoms with E-state index in [-0.39, 0.29) is 18.1 Å². The third-order valence-electron chi connectivity index (χ3n) is 3.81. The van der Waals surface area contributed by atoms with Gasteiger partial charge in [0.25, 0.3) is 0 Å². The van der Waals surface area contributed by atoms with E-state index < -0.39 is 0 Å². The number of carbonyl (C=O) groups is 1. The van der Waals surface area contributed by atoms with E-state index in [2.05, 4.69) is 10.5 Å². The number of amides is 1. The summed E-state index contributed by atoms with van der Waals surface area (Å²) in [5.74, 6) is 1.68. The second-order valence-corrected chi connectivity index (χ2v) is 6.42. The average Bonchev–Trinajstić information content (AvgIpc) is 2.83. The zero-order valence-corrected chi connectivity index (χ0v) is 14.2. The van der Waals surface area contributed by atoms with Crippen molar-refractivity contribution in [2.24, 2.45) is 0 Å². The number of aryl methyl sites for hydroxylation is 2. The van der Waals surface area contributed by atoms with Crippen LogP contribution >= 0.6 is 11.8 Å². The van der Waals surface area contributed by atoms with Crippen LogP contribution in [0.15, 0.2) is 4.52 Å². The SMILES string of the molecule is CSCCC(=O)N[C@@H]1CCOC[C@H]1OCc1c(C)noc1C. The van der Waals surface area contributed by atoms with E-state index in [9.17, 15) is 4.79 Å². The minimum Gasteiger partial charge on any atom is -0.379 e. The van der Waals surface area contributed by atoms with Crippen LogP contribution in [0.25, 0.3) is 0 Å². The van der Waals surface area contributed by atoms with Gasteiger partial charge in [0.05, 0.1) is 24.9 Å². The van der Waals surface area contributed by atoms with Gasteiger partial charge in [-0.1, -0.05) is 5.16 Å². The van der Waals surface area contributed by atoms with Crippen LogP contribution < -0.4 is 5.32 Å². The van der Waals surface area contributed by atoms with Crippen molar-refractivity contribution in [1.29, 1.82) is 0 Å². The second kappa shape index (κ2) is 8.55. The van der Waals surface area contributed by atoms with Crippen LogP contribution in [-0.2, 0) is 20.9 Å². The van der Waals surface area contributed by atoms with Gasteiger partial charge in [0.15, 0.2) is 0 Å². The fourth-order valence-corrected chi connectivity index (χ4v) is 2.80. The van der Waals surface area contributed by atoms with Crippen LogP contribution in [0.1, 0.15) is 29.9 Å². The van der Waals surface area contributed by atoms with Crippen molar-refractivity contribution in [1.82, 2.24) is 10.5 Å². The molecule has 1 aliphatic heterocycles. The summed E-state index contributed by atoms with van der Waals surface area (Å²) in [5, 5.41) is 6.99. The first kappa shape index (κ1) is 17.3. The summed E-state index contributed by atoms with van der Waals surface area (Å²) in [6, 6.07) is 0.00331. The van der Waals surface area contributed by atoms with E-state index in [0.717, 1.165) is 29.2 Å². The van der Waals surface area contributed by atoms with Crippen LogP contribution in [0.3, 0.4) is 0 Å². The zero-order chi connectivity index (χ0) is 15.9. The summed E-state index contributed by atoms with van der Waals surface area (Å²) in [5.41, 5.74) is 1.81. The highest BCUT2D eigenvalue weighted by Crippen LogP contribution is 2.18. The first-order valence-corrected chi connectivity index (χ1v) is 8.90. The van der Waals surface area contributed by atoms with Crippen LogP contribution in [0.2, 0.25) is 0 Å². The van der Waals surface area contributed by atoms with Gasteiger partial charge in [-0.05, 0) is 26.5 Å². The van der Waals surface area contributed by atoms with E-state index >= 15 is 0 Å². The number of rotatable bonds is 7. The second-order valence-electron chi connectivity index (χ2n) is 5.43. The van der Waals surface area contributed by atoms with Gasteiger partial charge in [0.2, 0.25) is 5.91 Å². The molecule has 0 aliphatic carbocycles. The Morgan fingerprint density at radius 1 is 1.50 bits per heavy atom. The predicted molar refractivity (Wildman–Crippen MR) is 84.9 cm³/mol. The number of nitrogens with one attached hydrogen (secondary N) is 1. The Hall–Kier alpha value is -1.05. The fraction of sp³-hybridized carbons (Fsp3) is 0.733. The summed E-state index contributed by atoms with van der Waals surface area (Å²) >= 11 is 1.67. The lowest BCUT2D eigenvalue weighted by Gasteiger charge is -2.32. The normalized spacial score (nSPS) is 21.8. The Morgan fingerprint density at radius 2 is 2.32 bits per heavy atom. The third-order valence-corrected chi connectivity index (χ3v) is 4.42. The first-order chi connectivity index (χ1) is 10.6. The molecule has 2 heterocycles. The Labute approximate surface area is 135 Å². The van der Waals surface area contributed by atoms with Crippen LogP contribution in [0.5, 0.6) is 0 Å². The molecule has 6 nitrogen and oxygen atoms in total. The van der Waals surface area contributed by atoms with Crippen molar-refractivity contribution >= 4 is 17.7 Å². The first-order valence-electron chi connectivity index (χ1n) is 7.51. The van der Waals surface area contributed by atoms with Gasteiger partial charge >= 0.3 is 0 Å². The van der Waals surface area contributed by atoms with Gasteiger partial charge in [-0.3, -0.25) is 4.79 Å². The maximum atomic E-state index is 11.9. The molecular weight excluding hydrogens is 304 g/mol. The van der Waals surface area contributed by atoms with Gasteiger partial charge in [0.1, 0.15) is 11.9 Å². The Balaban J connectivity index is 1.88. The lowest BCUT2D eigenvalue weighted by molar-refractivity contribution is -0.126. The molecule has 0 radical (unpaired) electrons. The number of nitrogens with zero attached hydrogens (tertiary/aromatic N) is 1. The van der Waals surface area contributed by atoms with Crippen molar-refractivity contribution in [3.05, 3.63) is 17.0 Å². The van der Waals surface area contributed by atoms with Crippen LogP contribution in [0, 0.1) is 13.8 Å². The molecule has 0 bridgehead atoms. The summed E-state index contributed by atoms with van der Waals surface area (Å²) < 4.78 is 16.6. The number of carbonyl (C=O) groups excluding carboxylic acids is 1. The van der Waals surface area contributed by atoms with Crippen LogP contribution in [-0.4, -0.2) is 48.4 Å². The van der Waals surface area contributed by atoms with Crippen molar-refractivity contribution in [3.8, 4) is 0 Å². The quantitative estimate of drug-likeness (QED) is 0.823. The third kappa shape index (κ3) is 4.72. The fourth-order valence-electron chi connectivity index (χ4n) is 2.41. The molecule has 0 spiro atoms. The van der Waals surface area contributed by atoms with Gasteiger partial charge in [0, 0.05) is 24.3 Å². The van der Waals surface area contributed by atoms with Gasteiger partial charge < -0.3 is 19.3 Å². The van der Waals surface area contributed by atoms with Crippen molar-refractivity contribution < 1.29 is 18.8 Å². The van der Waals surface area contributed by atoms with E-state index in [1.807, 2.05) is 20.1 Å². The van der Waals surface area contributed by atoms with Gasteiger partial charge in [-0.2, -0.15) is 11.8 Å². The maximum Gasteiger partial charge on any atom is 0.221 e. The topological polar surface area (TPSA) is 73.6 Å². The number of aromatic nitrogens is 1. The molecule has 1 aromatic heterocycles. The number of hydrogen-bond donors (Lipinski definition) is 1. The molecule has 1 N–H and O–H groups in total. The number of ether oxygens (including phenoxy) is 2. The standard InChI is InChI=1S/C15H24N2O4S/c1-10-12(11(2)21-17-10)8-20-14-9-19-6-4-13(14)16-15(18)5-7-22-3/h13-14H,4-9H2,1-3H3,(H,16,18)/t13-,14-/m1/s1. The molecule has 1 saturated heterocycles. The Morgan fingerprint density at radius 3 is 3.00 bits per heavy atom. The number of thioether (sulfide) groups is 1. The van der Waals surface area contributed by atoms with Crippen molar-refractivity contribution in [3.63, 3.8) is 0 Å². The molecule has 7 heteroatoms. The molecule has 1 aromatic rings. The molecular formula is C15H24N2O4S. The Bertz CT molecular complexity index is 472. The zero-order valence-electron chi connectivity index (χ0n) is 13.4. The molecule has 1 aliphatic rings. The van der Waals surface area contributed by atoms with E-state index in [1.165, 1.54) is 0 Å². The molecule has 2 rings (SSSR count). The molecule has 0 unspecified atom stereocenters. The molecule has 1 fully saturated rings. The predicted octanol–water partition coefficient (Wildman–Crippen LogP) is 1.83. The monoisotopic (exact) mass is 328 g/mol. The van der Waals surface area contributed by atoms with Crippen LogP contribution in [0.4, 0.5) is 0 Å². The summed E-state index contributed by atoms with van der Waals surface area (Å²) in [4.78, 5) is 11.9. The van der Waals surface area contributed by atoms with Gasteiger partial charge in [-0.25, -0.2) is 0 Å². The van der Waals surface area contributed by atoms with E-state index in [1.54, 1.807) is 11.8 Å². The average molecular weight is 328 g/mol. The largest absolute Gasteiger partial charge is 0.379 e. The minimum atomic E-state index is -0.138. The molecule has 0 saturated carbocycles. The molecule has 22 heavy (non-hydrogen) atoms. The lowest BCUT2D eigenvalue weighted by Crippen LogP contribution is -2.50. The molecule has 1 amide bonds. The number of hydrogen-bond acceptors (Lipinski definition) is 6. The molecule has 2 atom stereocenters. The van der Waals surface area contributed by atoms with E-state index in [0.29, 0.717) is 26.2 Å². The lowest BCUT2D eigenvalue weighted by atomic mass is 10.1. The smallest absolute Gasteiger partial charge is 0.221 e. The van der Waals surface area contributed by atoms with Crippen molar-refractivity contribution in [2.75, 3.05) is 25.2 Å². The molecule has 0 aromatic carbocycles. The summed E-state index contributed by atoms with van der Waals surface area (Å²) in [6.07, 6.45) is 3.17. The minimum absolute atomic E-state index is 0.00331. The highest BCUT2D eigenvalue weighted by Gasteiger charge is 2.28. The summed E-state index contributed by atoms with van der Waals surface area (Å²) in [6.45, 7) is 5.34. The molecule has 124 valence electrons. The van der Waals surface area contributed by atoms with Crippen molar-refractivity contribution in [2.45, 2.75) is 45.4 Å². The maximum absolute atomic E-state index is 11.9. The van der Waals surface area contributed by atoms with Gasteiger partial charge in [-0.15, -0.1) is 0 Å². The highest BCUT2D eigenvalue weighted by atomic mass is 32.2.